The molecule has 1 fully saturated rings. The van der Waals surface area contributed by atoms with E-state index in [-0.39, 0.29) is 0 Å². The molecule has 1 aliphatic heterocycles. The molecule has 0 aromatic carbocycles. The fourth-order valence-electron chi connectivity index (χ4n) is 2.44. The molecular formula is C15H23N2O11P. The van der Waals surface area contributed by atoms with Gasteiger partial charge in [-0.1, -0.05) is 0 Å². The molecule has 29 heavy (non-hydrogen) atoms. The summed E-state index contributed by atoms with van der Waals surface area (Å²) in [6, 6.07) is 1.04. The Morgan fingerprint density at radius 3 is 2.55 bits per heavy atom. The third-order valence-electron chi connectivity index (χ3n) is 3.91. The van der Waals surface area contributed by atoms with Crippen LogP contribution in [0.2, 0.25) is 0 Å². The minimum Gasteiger partial charge on any atom is -0.438 e. The highest BCUT2D eigenvalue weighted by Crippen LogP contribution is 2.38. The molecule has 0 spiro atoms. The minimum absolute atomic E-state index is 0.579. The second kappa shape index (κ2) is 8.88. The predicted molar refractivity (Wildman–Crippen MR) is 94.5 cm³/mol. The van der Waals surface area contributed by atoms with Gasteiger partial charge in [-0.25, -0.2) is 9.36 Å². The summed E-state index contributed by atoms with van der Waals surface area (Å²) >= 11 is 0. The zero-order valence-corrected chi connectivity index (χ0v) is 16.8. The van der Waals surface area contributed by atoms with Crippen molar-refractivity contribution in [1.29, 1.82) is 0 Å². The number of phosphoric ester groups is 1. The van der Waals surface area contributed by atoms with Crippen LogP contribution in [0.4, 0.5) is 0 Å². The van der Waals surface area contributed by atoms with Crippen molar-refractivity contribution in [3.05, 3.63) is 33.1 Å². The zero-order chi connectivity index (χ0) is 22.0. The number of carbonyl (C=O) groups is 1. The number of carbonyl (C=O) groups excluding carboxylic acids is 1. The average Bonchev–Trinajstić information content (AvgIpc) is 2.88. The molecule has 0 aliphatic carbocycles. The Kier molecular flexibility index (Phi) is 7.17. The summed E-state index contributed by atoms with van der Waals surface area (Å²) in [6.45, 7) is 3.59. The van der Waals surface area contributed by atoms with Gasteiger partial charge in [-0.05, 0) is 20.8 Å². The van der Waals surface area contributed by atoms with Crippen molar-refractivity contribution in [3.63, 3.8) is 0 Å². The van der Waals surface area contributed by atoms with Gasteiger partial charge in [0.15, 0.2) is 13.0 Å². The van der Waals surface area contributed by atoms with E-state index in [1.165, 1.54) is 0 Å². The number of H-pyrrole nitrogens is 1. The summed E-state index contributed by atoms with van der Waals surface area (Å²) in [5.41, 5.74) is -2.34. The molecule has 0 radical (unpaired) electrons. The molecule has 2 rings (SSSR count). The first-order chi connectivity index (χ1) is 13.3. The zero-order valence-electron chi connectivity index (χ0n) is 15.9. The summed E-state index contributed by atoms with van der Waals surface area (Å²) in [7, 11) is -4.84. The molecule has 0 bridgehead atoms. The standard InChI is InChI=1S/C15H23N2O11P/c1-15(2,3)13(20)26-7-25-11-10(19)8(6-27-29(22,23)24)28-12(11)17-5-4-9(18)16-14(17)21/h4-5,8,10-12,19H,6-7H2,1-3H3,(H,16,18,21)(H2,22,23,24)/t8-,10-,11-,12-/m1/s1. The van der Waals surface area contributed by atoms with Gasteiger partial charge >= 0.3 is 19.5 Å². The molecule has 4 atom stereocenters. The van der Waals surface area contributed by atoms with Gasteiger partial charge in [-0.15, -0.1) is 0 Å². The van der Waals surface area contributed by atoms with E-state index in [9.17, 15) is 24.1 Å². The molecule has 4 N–H and O–H groups in total. The van der Waals surface area contributed by atoms with Crippen molar-refractivity contribution in [2.75, 3.05) is 13.4 Å². The lowest BCUT2D eigenvalue weighted by atomic mass is 9.98. The van der Waals surface area contributed by atoms with Crippen LogP contribution in [0.25, 0.3) is 0 Å². The number of aromatic amines is 1. The number of hydrogen-bond acceptors (Lipinski definition) is 9. The molecule has 0 unspecified atom stereocenters. The third-order valence-corrected chi connectivity index (χ3v) is 4.39. The van der Waals surface area contributed by atoms with Gasteiger partial charge < -0.3 is 29.1 Å². The van der Waals surface area contributed by atoms with Crippen molar-refractivity contribution in [2.24, 2.45) is 5.41 Å². The first-order valence-corrected chi connectivity index (χ1v) is 9.96. The number of phosphoric acid groups is 1. The lowest BCUT2D eigenvalue weighted by Crippen LogP contribution is -2.40. The van der Waals surface area contributed by atoms with Crippen LogP contribution >= 0.6 is 7.82 Å². The van der Waals surface area contributed by atoms with Gasteiger partial charge in [0.1, 0.15) is 18.3 Å². The predicted octanol–water partition coefficient (Wildman–Crippen LogP) is -1.16. The van der Waals surface area contributed by atoms with Gasteiger partial charge in [0, 0.05) is 12.3 Å². The van der Waals surface area contributed by atoms with E-state index < -0.39 is 68.4 Å². The fraction of sp³-hybridized carbons (Fsp3) is 0.667. The quantitative estimate of drug-likeness (QED) is 0.228. The molecule has 1 saturated heterocycles. The van der Waals surface area contributed by atoms with Crippen molar-refractivity contribution in [1.82, 2.24) is 9.55 Å². The Balaban J connectivity index is 2.19. The average molecular weight is 438 g/mol. The molecule has 1 aliphatic rings. The number of ether oxygens (including phenoxy) is 3. The van der Waals surface area contributed by atoms with Gasteiger partial charge in [0.25, 0.3) is 5.56 Å². The highest BCUT2D eigenvalue weighted by molar-refractivity contribution is 7.46. The van der Waals surface area contributed by atoms with Crippen LogP contribution in [-0.4, -0.2) is 62.1 Å². The molecule has 0 amide bonds. The van der Waals surface area contributed by atoms with Crippen LogP contribution in [0.3, 0.4) is 0 Å². The topological polar surface area (TPSA) is 187 Å². The molecule has 0 saturated carbocycles. The van der Waals surface area contributed by atoms with E-state index in [2.05, 4.69) is 4.52 Å². The van der Waals surface area contributed by atoms with E-state index in [4.69, 9.17) is 24.0 Å². The smallest absolute Gasteiger partial charge is 0.438 e. The number of rotatable bonds is 7. The molecule has 1 aromatic rings. The Morgan fingerprint density at radius 1 is 1.34 bits per heavy atom. The Hall–Kier alpha value is -1.86. The van der Waals surface area contributed by atoms with Crippen molar-refractivity contribution >= 4 is 13.8 Å². The number of nitrogens with zero attached hydrogens (tertiary/aromatic N) is 1. The monoisotopic (exact) mass is 438 g/mol. The molecule has 14 heteroatoms. The van der Waals surface area contributed by atoms with E-state index >= 15 is 0 Å². The summed E-state index contributed by atoms with van der Waals surface area (Å²) in [5.74, 6) is -0.579. The molecule has 13 nitrogen and oxygen atoms in total. The molecular weight excluding hydrogens is 415 g/mol. The maximum Gasteiger partial charge on any atom is 0.469 e. The number of aromatic nitrogens is 2. The van der Waals surface area contributed by atoms with E-state index in [1.807, 2.05) is 4.98 Å². The Morgan fingerprint density at radius 2 is 2.00 bits per heavy atom. The number of esters is 1. The summed E-state index contributed by atoms with van der Waals surface area (Å²) in [6.07, 6.45) is -4.26. The number of nitrogens with one attached hydrogen (secondary N) is 1. The third kappa shape index (κ3) is 6.31. The highest BCUT2D eigenvalue weighted by Gasteiger charge is 2.47. The van der Waals surface area contributed by atoms with Crippen molar-refractivity contribution in [2.45, 2.75) is 45.3 Å². The fourth-order valence-corrected chi connectivity index (χ4v) is 2.78. The number of hydrogen-bond donors (Lipinski definition) is 4. The number of aliphatic hydroxyl groups is 1. The van der Waals surface area contributed by atoms with Crippen molar-refractivity contribution in [3.8, 4) is 0 Å². The van der Waals surface area contributed by atoms with Crippen LogP contribution < -0.4 is 11.2 Å². The van der Waals surface area contributed by atoms with Crippen LogP contribution in [0.15, 0.2) is 21.9 Å². The lowest BCUT2D eigenvalue weighted by molar-refractivity contribution is -0.179. The van der Waals surface area contributed by atoms with Gasteiger partial charge in [0.05, 0.1) is 12.0 Å². The summed E-state index contributed by atoms with van der Waals surface area (Å²) < 4.78 is 32.0. The maximum atomic E-state index is 12.1. The molecule has 164 valence electrons. The SMILES string of the molecule is CC(C)(C)C(=O)OCO[C@@H]1[C@H](O)[C@@H](COP(=O)(O)O)O[C@H]1n1ccc(=O)[nH]c1=O. The Bertz CT molecular complexity index is 883. The first-order valence-electron chi connectivity index (χ1n) is 8.43. The first kappa shape index (κ1) is 23.4. The van der Waals surface area contributed by atoms with Crippen LogP contribution in [0, 0.1) is 5.41 Å². The minimum atomic E-state index is -4.84. The van der Waals surface area contributed by atoms with E-state index in [1.54, 1.807) is 20.8 Å². The van der Waals surface area contributed by atoms with Crippen LogP contribution in [-0.2, 0) is 28.1 Å². The lowest BCUT2D eigenvalue weighted by Gasteiger charge is -2.23. The van der Waals surface area contributed by atoms with Crippen LogP contribution in [0.1, 0.15) is 27.0 Å². The Labute approximate surface area is 164 Å². The van der Waals surface area contributed by atoms with Crippen LogP contribution in [0.5, 0.6) is 0 Å². The normalized spacial score (nSPS) is 25.2. The number of aliphatic hydroxyl groups excluding tert-OH is 1. The second-order valence-electron chi connectivity index (χ2n) is 7.29. The largest absolute Gasteiger partial charge is 0.469 e. The maximum absolute atomic E-state index is 12.1. The highest BCUT2D eigenvalue weighted by atomic mass is 31.2. The van der Waals surface area contributed by atoms with Crippen molar-refractivity contribution < 1.29 is 43.0 Å². The second-order valence-corrected chi connectivity index (χ2v) is 8.53. The summed E-state index contributed by atoms with van der Waals surface area (Å²) in [5, 5.41) is 10.4. The summed E-state index contributed by atoms with van der Waals surface area (Å²) in [4.78, 5) is 54.9. The molecule has 1 aromatic heterocycles. The van der Waals surface area contributed by atoms with E-state index in [0.29, 0.717) is 0 Å². The molecule has 2 heterocycles. The van der Waals surface area contributed by atoms with Gasteiger partial charge in [0.2, 0.25) is 0 Å². The van der Waals surface area contributed by atoms with E-state index in [0.717, 1.165) is 16.8 Å². The van der Waals surface area contributed by atoms with Gasteiger partial charge in [-0.3, -0.25) is 23.7 Å². The van der Waals surface area contributed by atoms with Gasteiger partial charge in [-0.2, -0.15) is 0 Å².